The van der Waals surface area contributed by atoms with Crippen LogP contribution < -0.4 is 0 Å². The molecule has 1 atom stereocenters. The summed E-state index contributed by atoms with van der Waals surface area (Å²) < 4.78 is 0. The third kappa shape index (κ3) is 9.51. The Kier molecular flexibility index (Phi) is 9.24. The SMILES string of the molecule is CC=CC(CCCCCC)CCC(=O)O. The average molecular weight is 212 g/mol. The molecule has 1 N–H and O–H groups in total. The normalized spacial score (nSPS) is 13.2. The Morgan fingerprint density at radius 3 is 2.53 bits per heavy atom. The Morgan fingerprint density at radius 1 is 1.27 bits per heavy atom. The zero-order valence-corrected chi connectivity index (χ0v) is 10.0. The van der Waals surface area contributed by atoms with Crippen LogP contribution in [-0.2, 0) is 4.79 Å². The fourth-order valence-corrected chi connectivity index (χ4v) is 1.75. The number of carbonyl (C=O) groups is 1. The monoisotopic (exact) mass is 212 g/mol. The number of unbranched alkanes of at least 4 members (excludes halogenated alkanes) is 3. The molecule has 0 aromatic carbocycles. The summed E-state index contributed by atoms with van der Waals surface area (Å²) in [5, 5.41) is 8.62. The maximum Gasteiger partial charge on any atom is 0.303 e. The van der Waals surface area contributed by atoms with Crippen molar-refractivity contribution >= 4 is 5.97 Å². The molecule has 0 aromatic rings. The van der Waals surface area contributed by atoms with E-state index in [0.717, 1.165) is 12.8 Å². The molecule has 0 saturated heterocycles. The van der Waals surface area contributed by atoms with Gasteiger partial charge in [-0.05, 0) is 25.7 Å². The van der Waals surface area contributed by atoms with Gasteiger partial charge < -0.3 is 5.11 Å². The van der Waals surface area contributed by atoms with Gasteiger partial charge in [0.05, 0.1) is 0 Å². The van der Waals surface area contributed by atoms with Gasteiger partial charge in [0, 0.05) is 6.42 Å². The van der Waals surface area contributed by atoms with Crippen molar-refractivity contribution in [3.63, 3.8) is 0 Å². The Balaban J connectivity index is 3.68. The second-order valence-electron chi connectivity index (χ2n) is 4.07. The molecule has 0 fully saturated rings. The van der Waals surface area contributed by atoms with E-state index in [9.17, 15) is 4.79 Å². The molecule has 0 aliphatic heterocycles. The maximum atomic E-state index is 10.5. The molecule has 0 aliphatic carbocycles. The number of hydrogen-bond donors (Lipinski definition) is 1. The van der Waals surface area contributed by atoms with Crippen LogP contribution in [0.15, 0.2) is 12.2 Å². The summed E-state index contributed by atoms with van der Waals surface area (Å²) in [7, 11) is 0. The molecule has 0 radical (unpaired) electrons. The highest BCUT2D eigenvalue weighted by molar-refractivity contribution is 5.66. The summed E-state index contributed by atoms with van der Waals surface area (Å²) in [5.41, 5.74) is 0. The van der Waals surface area contributed by atoms with E-state index >= 15 is 0 Å². The van der Waals surface area contributed by atoms with Crippen molar-refractivity contribution in [1.82, 2.24) is 0 Å². The highest BCUT2D eigenvalue weighted by atomic mass is 16.4. The third-order valence-corrected chi connectivity index (χ3v) is 2.62. The van der Waals surface area contributed by atoms with Gasteiger partial charge in [-0.2, -0.15) is 0 Å². The molecule has 0 heterocycles. The van der Waals surface area contributed by atoms with Gasteiger partial charge >= 0.3 is 5.97 Å². The molecule has 15 heavy (non-hydrogen) atoms. The highest BCUT2D eigenvalue weighted by Crippen LogP contribution is 2.17. The van der Waals surface area contributed by atoms with Gasteiger partial charge in [-0.15, -0.1) is 0 Å². The van der Waals surface area contributed by atoms with Gasteiger partial charge in [0.15, 0.2) is 0 Å². The number of aliphatic carboxylic acids is 1. The quantitative estimate of drug-likeness (QED) is 0.463. The van der Waals surface area contributed by atoms with Crippen LogP contribution in [0.4, 0.5) is 0 Å². The van der Waals surface area contributed by atoms with Gasteiger partial charge in [-0.3, -0.25) is 4.79 Å². The number of carboxylic acids is 1. The standard InChI is InChI=1S/C13H24O2/c1-3-5-6-7-9-12(8-4-2)10-11-13(14)15/h4,8,12H,3,5-7,9-11H2,1-2H3,(H,14,15). The number of carboxylic acid groups (broad SMARTS) is 1. The minimum atomic E-state index is -0.682. The lowest BCUT2D eigenvalue weighted by molar-refractivity contribution is -0.137. The maximum absolute atomic E-state index is 10.5. The van der Waals surface area contributed by atoms with E-state index < -0.39 is 5.97 Å². The molecule has 0 aromatic heterocycles. The van der Waals surface area contributed by atoms with E-state index in [1.807, 2.05) is 13.0 Å². The Hall–Kier alpha value is -0.790. The smallest absolute Gasteiger partial charge is 0.303 e. The summed E-state index contributed by atoms with van der Waals surface area (Å²) in [5.74, 6) is -0.221. The largest absolute Gasteiger partial charge is 0.481 e. The van der Waals surface area contributed by atoms with Gasteiger partial charge in [0.2, 0.25) is 0 Å². The van der Waals surface area contributed by atoms with Crippen LogP contribution in [0.5, 0.6) is 0 Å². The molecule has 2 nitrogen and oxygen atoms in total. The Morgan fingerprint density at radius 2 is 2.00 bits per heavy atom. The molecule has 0 saturated carbocycles. The van der Waals surface area contributed by atoms with Crippen molar-refractivity contribution in [1.29, 1.82) is 0 Å². The van der Waals surface area contributed by atoms with Crippen molar-refractivity contribution in [3.8, 4) is 0 Å². The Bertz CT molecular complexity index is 185. The fourth-order valence-electron chi connectivity index (χ4n) is 1.75. The molecule has 0 spiro atoms. The van der Waals surface area contributed by atoms with Crippen molar-refractivity contribution in [3.05, 3.63) is 12.2 Å². The third-order valence-electron chi connectivity index (χ3n) is 2.62. The van der Waals surface area contributed by atoms with Crippen molar-refractivity contribution in [2.45, 2.75) is 58.8 Å². The minimum absolute atomic E-state index is 0.294. The summed E-state index contributed by atoms with van der Waals surface area (Å²) in [6.07, 6.45) is 11.4. The van der Waals surface area contributed by atoms with E-state index in [1.54, 1.807) is 0 Å². The van der Waals surface area contributed by atoms with Crippen molar-refractivity contribution in [2.24, 2.45) is 5.92 Å². The van der Waals surface area contributed by atoms with Crippen molar-refractivity contribution < 1.29 is 9.90 Å². The van der Waals surface area contributed by atoms with Gasteiger partial charge in [0.1, 0.15) is 0 Å². The average Bonchev–Trinajstić information content (AvgIpc) is 2.20. The predicted molar refractivity (Wildman–Crippen MR) is 63.9 cm³/mol. The van der Waals surface area contributed by atoms with E-state index in [-0.39, 0.29) is 0 Å². The van der Waals surface area contributed by atoms with Crippen LogP contribution in [0.2, 0.25) is 0 Å². The van der Waals surface area contributed by atoms with Crippen LogP contribution >= 0.6 is 0 Å². The van der Waals surface area contributed by atoms with Crippen LogP contribution in [0, 0.1) is 5.92 Å². The molecule has 0 amide bonds. The highest BCUT2D eigenvalue weighted by Gasteiger charge is 2.06. The van der Waals surface area contributed by atoms with Gasteiger partial charge in [-0.1, -0.05) is 44.8 Å². The first-order valence-corrected chi connectivity index (χ1v) is 6.05. The van der Waals surface area contributed by atoms with E-state index in [1.165, 1.54) is 25.7 Å². The predicted octanol–water partition coefficient (Wildman–Crippen LogP) is 4.01. The zero-order valence-electron chi connectivity index (χ0n) is 10.0. The molecule has 0 bridgehead atoms. The number of hydrogen-bond acceptors (Lipinski definition) is 1. The molecule has 0 rings (SSSR count). The summed E-state index contributed by atoms with van der Waals surface area (Å²) >= 11 is 0. The fraction of sp³-hybridized carbons (Fsp3) is 0.769. The topological polar surface area (TPSA) is 37.3 Å². The van der Waals surface area contributed by atoms with Crippen LogP contribution in [-0.4, -0.2) is 11.1 Å². The molecule has 2 heteroatoms. The molecule has 88 valence electrons. The summed E-state index contributed by atoms with van der Waals surface area (Å²) in [4.78, 5) is 10.5. The molecule has 1 unspecified atom stereocenters. The van der Waals surface area contributed by atoms with Crippen molar-refractivity contribution in [2.75, 3.05) is 0 Å². The first kappa shape index (κ1) is 14.2. The van der Waals surface area contributed by atoms with E-state index in [0.29, 0.717) is 12.3 Å². The molecular weight excluding hydrogens is 188 g/mol. The van der Waals surface area contributed by atoms with E-state index in [4.69, 9.17) is 5.11 Å². The molecule has 0 aliphatic rings. The van der Waals surface area contributed by atoms with E-state index in [2.05, 4.69) is 13.0 Å². The summed E-state index contributed by atoms with van der Waals surface area (Å²) in [6.45, 7) is 4.20. The molecular formula is C13H24O2. The number of allylic oxidation sites excluding steroid dienone is 2. The van der Waals surface area contributed by atoms with Crippen LogP contribution in [0.3, 0.4) is 0 Å². The lowest BCUT2D eigenvalue weighted by atomic mass is 9.95. The minimum Gasteiger partial charge on any atom is -0.481 e. The van der Waals surface area contributed by atoms with Gasteiger partial charge in [-0.25, -0.2) is 0 Å². The van der Waals surface area contributed by atoms with Gasteiger partial charge in [0.25, 0.3) is 0 Å². The Labute approximate surface area is 93.4 Å². The first-order chi connectivity index (χ1) is 7.20. The van der Waals surface area contributed by atoms with Crippen LogP contribution in [0.1, 0.15) is 58.8 Å². The van der Waals surface area contributed by atoms with Crippen LogP contribution in [0.25, 0.3) is 0 Å². The first-order valence-electron chi connectivity index (χ1n) is 6.05. The summed E-state index contributed by atoms with van der Waals surface area (Å²) in [6, 6.07) is 0. The number of rotatable bonds is 9. The zero-order chi connectivity index (χ0) is 11.5. The lowest BCUT2D eigenvalue weighted by Gasteiger charge is -2.10. The lowest BCUT2D eigenvalue weighted by Crippen LogP contribution is -2.02. The second kappa shape index (κ2) is 9.75. The second-order valence-corrected chi connectivity index (χ2v) is 4.07.